The Morgan fingerprint density at radius 3 is 3.19 bits per heavy atom. The molecule has 1 saturated heterocycles. The summed E-state index contributed by atoms with van der Waals surface area (Å²) in [5.41, 5.74) is 4.10. The Morgan fingerprint density at radius 1 is 1.52 bits per heavy atom. The van der Waals surface area contributed by atoms with Crippen molar-refractivity contribution in [3.63, 3.8) is 0 Å². The van der Waals surface area contributed by atoms with E-state index in [4.69, 9.17) is 9.57 Å². The highest BCUT2D eigenvalue weighted by molar-refractivity contribution is 5.93. The Bertz CT molecular complexity index is 614. The van der Waals surface area contributed by atoms with Crippen LogP contribution in [0, 0.1) is 0 Å². The molecule has 2 N–H and O–H groups in total. The Labute approximate surface area is 121 Å². The highest BCUT2D eigenvalue weighted by Gasteiger charge is 2.35. The third-order valence-corrected chi connectivity index (χ3v) is 3.26. The molecule has 7 nitrogen and oxygen atoms in total. The number of anilines is 1. The number of nitrogens with zero attached hydrogens (tertiary/aromatic N) is 1. The minimum Gasteiger partial charge on any atom is -0.423 e. The van der Waals surface area contributed by atoms with E-state index in [9.17, 15) is 9.59 Å². The Hall–Kier alpha value is -2.70. The quantitative estimate of drug-likeness (QED) is 0.878. The molecule has 110 valence electrons. The number of para-hydroxylation sites is 1. The van der Waals surface area contributed by atoms with Gasteiger partial charge in [0.05, 0.1) is 12.2 Å². The first-order valence-electron chi connectivity index (χ1n) is 6.68. The van der Waals surface area contributed by atoms with Gasteiger partial charge in [0.25, 0.3) is 0 Å². The number of hydroxylamine groups is 1. The number of hydrogen-bond donors (Lipinski definition) is 2. The van der Waals surface area contributed by atoms with E-state index in [1.807, 2.05) is 18.2 Å². The average molecular weight is 289 g/mol. The monoisotopic (exact) mass is 289 g/mol. The van der Waals surface area contributed by atoms with Crippen LogP contribution in [0.15, 0.2) is 24.4 Å². The van der Waals surface area contributed by atoms with E-state index in [-0.39, 0.29) is 12.5 Å². The summed E-state index contributed by atoms with van der Waals surface area (Å²) in [4.78, 5) is 30.2. The van der Waals surface area contributed by atoms with Crippen molar-refractivity contribution in [1.29, 1.82) is 0 Å². The van der Waals surface area contributed by atoms with E-state index in [1.54, 1.807) is 19.2 Å². The van der Waals surface area contributed by atoms with Crippen LogP contribution in [0.25, 0.3) is 6.08 Å². The summed E-state index contributed by atoms with van der Waals surface area (Å²) in [5, 5.41) is 2.64. The topological polar surface area (TPSA) is 79.9 Å². The fourth-order valence-electron chi connectivity index (χ4n) is 2.23. The van der Waals surface area contributed by atoms with Gasteiger partial charge in [-0.1, -0.05) is 19.1 Å². The van der Waals surface area contributed by atoms with Crippen LogP contribution < -0.4 is 20.5 Å². The number of rotatable bonds is 3. The van der Waals surface area contributed by atoms with Crippen molar-refractivity contribution in [2.75, 3.05) is 11.4 Å². The van der Waals surface area contributed by atoms with Gasteiger partial charge in [0, 0.05) is 18.2 Å². The van der Waals surface area contributed by atoms with Crippen LogP contribution in [-0.4, -0.2) is 24.8 Å². The molecule has 1 fully saturated rings. The summed E-state index contributed by atoms with van der Waals surface area (Å²) in [6.07, 6.45) is 2.70. The fourth-order valence-corrected chi connectivity index (χ4v) is 2.23. The van der Waals surface area contributed by atoms with E-state index in [0.29, 0.717) is 17.9 Å². The molecule has 2 amide bonds. The zero-order valence-corrected chi connectivity index (χ0v) is 11.5. The Kier molecular flexibility index (Phi) is 3.39. The van der Waals surface area contributed by atoms with Crippen molar-refractivity contribution < 1.29 is 19.2 Å². The minimum absolute atomic E-state index is 0.161. The van der Waals surface area contributed by atoms with Gasteiger partial charge in [0.2, 0.25) is 5.91 Å². The Morgan fingerprint density at radius 2 is 2.38 bits per heavy atom. The maximum Gasteiger partial charge on any atom is 0.416 e. The molecule has 0 radical (unpaired) electrons. The number of carbonyl (C=O) groups excluding carboxylic acids is 2. The molecule has 1 aromatic rings. The normalized spacial score (nSPS) is 19.4. The molecule has 0 unspecified atom stereocenters. The number of fused-ring (bicyclic) bond motifs is 1. The number of cyclic esters (lactones) is 1. The van der Waals surface area contributed by atoms with E-state index in [2.05, 4.69) is 10.8 Å². The van der Waals surface area contributed by atoms with Crippen LogP contribution in [0.5, 0.6) is 5.75 Å². The van der Waals surface area contributed by atoms with E-state index in [0.717, 1.165) is 5.56 Å². The SMILES string of the molecule is CCC(=O)N[C@@H]1CN(c2cccc3c2ONC=C3)C(=O)O1. The number of benzene rings is 1. The largest absolute Gasteiger partial charge is 0.423 e. The van der Waals surface area contributed by atoms with Gasteiger partial charge in [-0.05, 0) is 12.1 Å². The smallest absolute Gasteiger partial charge is 0.416 e. The van der Waals surface area contributed by atoms with Crippen LogP contribution in [0.2, 0.25) is 0 Å². The lowest BCUT2D eigenvalue weighted by atomic mass is 10.1. The van der Waals surface area contributed by atoms with E-state index >= 15 is 0 Å². The van der Waals surface area contributed by atoms with Gasteiger partial charge in [-0.25, -0.2) is 10.3 Å². The first-order chi connectivity index (χ1) is 10.2. The second kappa shape index (κ2) is 5.35. The van der Waals surface area contributed by atoms with Gasteiger partial charge in [0.1, 0.15) is 0 Å². The third-order valence-electron chi connectivity index (χ3n) is 3.26. The molecule has 7 heteroatoms. The third kappa shape index (κ3) is 2.49. The molecule has 21 heavy (non-hydrogen) atoms. The summed E-state index contributed by atoms with van der Waals surface area (Å²) in [6, 6.07) is 5.48. The second-order valence-corrected chi connectivity index (χ2v) is 4.65. The molecular formula is C14H15N3O4. The van der Waals surface area contributed by atoms with Crippen molar-refractivity contribution in [1.82, 2.24) is 10.8 Å². The summed E-state index contributed by atoms with van der Waals surface area (Å²) < 4.78 is 5.15. The van der Waals surface area contributed by atoms with Crippen LogP contribution in [0.1, 0.15) is 18.9 Å². The molecule has 0 spiro atoms. The second-order valence-electron chi connectivity index (χ2n) is 4.65. The highest BCUT2D eigenvalue weighted by atomic mass is 16.6. The summed E-state index contributed by atoms with van der Waals surface area (Å²) in [5.74, 6) is 0.394. The molecule has 2 aliphatic rings. The average Bonchev–Trinajstić information content (AvgIpc) is 2.87. The lowest BCUT2D eigenvalue weighted by Crippen LogP contribution is -2.37. The van der Waals surface area contributed by atoms with Crippen LogP contribution in [0.3, 0.4) is 0 Å². The summed E-state index contributed by atoms with van der Waals surface area (Å²) in [6.45, 7) is 1.98. The molecule has 0 saturated carbocycles. The van der Waals surface area contributed by atoms with Crippen molar-refractivity contribution in [2.45, 2.75) is 19.6 Å². The van der Waals surface area contributed by atoms with Crippen LogP contribution in [-0.2, 0) is 9.53 Å². The molecule has 1 atom stereocenters. The number of carbonyl (C=O) groups is 2. The van der Waals surface area contributed by atoms with Crippen molar-refractivity contribution in [3.05, 3.63) is 30.0 Å². The van der Waals surface area contributed by atoms with Crippen LogP contribution in [0.4, 0.5) is 10.5 Å². The van der Waals surface area contributed by atoms with Gasteiger partial charge in [-0.15, -0.1) is 0 Å². The first kappa shape index (κ1) is 13.3. The lowest BCUT2D eigenvalue weighted by molar-refractivity contribution is -0.123. The number of amides is 2. The predicted molar refractivity (Wildman–Crippen MR) is 75.3 cm³/mol. The molecule has 0 aromatic heterocycles. The van der Waals surface area contributed by atoms with Crippen molar-refractivity contribution >= 4 is 23.8 Å². The predicted octanol–water partition coefficient (Wildman–Crippen LogP) is 1.36. The lowest BCUT2D eigenvalue weighted by Gasteiger charge is -2.20. The zero-order chi connectivity index (χ0) is 14.8. The van der Waals surface area contributed by atoms with Gasteiger partial charge < -0.3 is 14.9 Å². The highest BCUT2D eigenvalue weighted by Crippen LogP contribution is 2.35. The first-order valence-corrected chi connectivity index (χ1v) is 6.68. The molecule has 0 bridgehead atoms. The van der Waals surface area contributed by atoms with E-state index < -0.39 is 12.3 Å². The standard InChI is InChI=1S/C14H15N3O4/c1-2-11(18)16-12-8-17(14(19)20-12)10-5-3-4-9-6-7-15-21-13(9)10/h3-7,12,15H,2,8H2,1H3,(H,16,18)/t12-/m0/s1. The molecule has 2 aliphatic heterocycles. The van der Waals surface area contributed by atoms with Crippen molar-refractivity contribution in [2.24, 2.45) is 0 Å². The molecule has 2 heterocycles. The molecule has 1 aromatic carbocycles. The van der Waals surface area contributed by atoms with Crippen LogP contribution >= 0.6 is 0 Å². The van der Waals surface area contributed by atoms with E-state index in [1.165, 1.54) is 4.90 Å². The molecular weight excluding hydrogens is 274 g/mol. The molecule has 3 rings (SSSR count). The van der Waals surface area contributed by atoms with Gasteiger partial charge in [-0.3, -0.25) is 9.69 Å². The number of ether oxygens (including phenoxy) is 1. The number of hydrogen-bond acceptors (Lipinski definition) is 5. The minimum atomic E-state index is -0.645. The van der Waals surface area contributed by atoms with Gasteiger partial charge in [-0.2, -0.15) is 0 Å². The van der Waals surface area contributed by atoms with Gasteiger partial charge in [0.15, 0.2) is 12.0 Å². The Balaban J connectivity index is 1.83. The van der Waals surface area contributed by atoms with Crippen molar-refractivity contribution in [3.8, 4) is 5.75 Å². The molecule has 0 aliphatic carbocycles. The summed E-state index contributed by atoms with van der Waals surface area (Å²) in [7, 11) is 0. The number of nitrogens with one attached hydrogen (secondary N) is 2. The summed E-state index contributed by atoms with van der Waals surface area (Å²) >= 11 is 0. The zero-order valence-electron chi connectivity index (χ0n) is 11.5. The maximum atomic E-state index is 12.0. The fraction of sp³-hybridized carbons (Fsp3) is 0.286. The van der Waals surface area contributed by atoms with Gasteiger partial charge >= 0.3 is 6.09 Å². The maximum absolute atomic E-state index is 12.0.